The second kappa shape index (κ2) is 5.93. The highest BCUT2D eigenvalue weighted by molar-refractivity contribution is 6.30. The van der Waals surface area contributed by atoms with Crippen LogP contribution in [0.3, 0.4) is 0 Å². The van der Waals surface area contributed by atoms with Gasteiger partial charge in [-0.05, 0) is 19.1 Å². The number of halogens is 3. The molecule has 0 fully saturated rings. The summed E-state index contributed by atoms with van der Waals surface area (Å²) in [5.41, 5.74) is 5.16. The van der Waals surface area contributed by atoms with Gasteiger partial charge in [-0.1, -0.05) is 11.6 Å². The Bertz CT molecular complexity index is 426. The van der Waals surface area contributed by atoms with Gasteiger partial charge in [0.2, 0.25) is 0 Å². The number of carbonyl (C=O) groups is 1. The van der Waals surface area contributed by atoms with Crippen molar-refractivity contribution < 1.29 is 18.3 Å². The lowest BCUT2D eigenvalue weighted by atomic mass is 10.1. The molecule has 94 valence electrons. The van der Waals surface area contributed by atoms with Crippen molar-refractivity contribution in [2.24, 2.45) is 5.73 Å². The lowest BCUT2D eigenvalue weighted by Gasteiger charge is -2.12. The summed E-state index contributed by atoms with van der Waals surface area (Å²) in [5.74, 6) is -2.38. The second-order valence-corrected chi connectivity index (χ2v) is 3.79. The van der Waals surface area contributed by atoms with Crippen LogP contribution in [0.2, 0.25) is 5.02 Å². The average molecular weight is 264 g/mol. The number of benzene rings is 1. The number of hydrogen-bond acceptors (Lipinski definition) is 3. The fraction of sp³-hybridized carbons (Fsp3) is 0.364. The van der Waals surface area contributed by atoms with Gasteiger partial charge in [-0.2, -0.15) is 0 Å². The van der Waals surface area contributed by atoms with Gasteiger partial charge in [0.15, 0.2) is 0 Å². The summed E-state index contributed by atoms with van der Waals surface area (Å²) in [6.45, 7) is 1.78. The van der Waals surface area contributed by atoms with E-state index in [1.165, 1.54) is 0 Å². The second-order valence-electron chi connectivity index (χ2n) is 3.38. The summed E-state index contributed by atoms with van der Waals surface area (Å²) in [4.78, 5) is 11.2. The Morgan fingerprint density at radius 1 is 1.53 bits per heavy atom. The van der Waals surface area contributed by atoms with Crippen molar-refractivity contribution in [3.05, 3.63) is 34.4 Å². The van der Waals surface area contributed by atoms with Crippen LogP contribution < -0.4 is 5.73 Å². The Kier molecular flexibility index (Phi) is 4.84. The quantitative estimate of drug-likeness (QED) is 0.668. The number of ether oxygens (including phenoxy) is 1. The SMILES string of the molecule is CCOC(=O)C(N)Cc1c(F)ccc(Cl)c1F. The van der Waals surface area contributed by atoms with Gasteiger partial charge in [0.25, 0.3) is 0 Å². The molecule has 1 atom stereocenters. The molecular weight excluding hydrogens is 252 g/mol. The summed E-state index contributed by atoms with van der Waals surface area (Å²) in [7, 11) is 0. The van der Waals surface area contributed by atoms with Gasteiger partial charge >= 0.3 is 5.97 Å². The van der Waals surface area contributed by atoms with Crippen LogP contribution in [-0.2, 0) is 16.0 Å². The lowest BCUT2D eigenvalue weighted by Crippen LogP contribution is -2.35. The number of hydrogen-bond donors (Lipinski definition) is 1. The minimum Gasteiger partial charge on any atom is -0.465 e. The van der Waals surface area contributed by atoms with Crippen LogP contribution in [0.25, 0.3) is 0 Å². The van der Waals surface area contributed by atoms with Crippen LogP contribution in [0.15, 0.2) is 12.1 Å². The van der Waals surface area contributed by atoms with Crippen LogP contribution in [0.1, 0.15) is 12.5 Å². The van der Waals surface area contributed by atoms with Crippen molar-refractivity contribution in [1.29, 1.82) is 0 Å². The van der Waals surface area contributed by atoms with Crippen LogP contribution in [-0.4, -0.2) is 18.6 Å². The van der Waals surface area contributed by atoms with E-state index in [4.69, 9.17) is 17.3 Å². The van der Waals surface area contributed by atoms with E-state index in [-0.39, 0.29) is 23.6 Å². The van der Waals surface area contributed by atoms with E-state index in [2.05, 4.69) is 4.74 Å². The standard InChI is InChI=1S/C11H12ClF2NO2/c1-2-17-11(16)9(15)5-6-8(13)4-3-7(12)10(6)14/h3-4,9H,2,5,15H2,1H3. The van der Waals surface area contributed by atoms with Crippen molar-refractivity contribution >= 4 is 17.6 Å². The summed E-state index contributed by atoms with van der Waals surface area (Å²) in [5, 5.41) is -0.211. The topological polar surface area (TPSA) is 52.3 Å². The van der Waals surface area contributed by atoms with Gasteiger partial charge in [-0.3, -0.25) is 4.79 Å². The minimum absolute atomic E-state index is 0.160. The van der Waals surface area contributed by atoms with E-state index in [1.807, 2.05) is 0 Å². The maximum absolute atomic E-state index is 13.5. The summed E-state index contributed by atoms with van der Waals surface area (Å²) >= 11 is 5.51. The molecule has 1 unspecified atom stereocenters. The highest BCUT2D eigenvalue weighted by Crippen LogP contribution is 2.22. The summed E-state index contributed by atoms with van der Waals surface area (Å²) in [6.07, 6.45) is -0.295. The smallest absolute Gasteiger partial charge is 0.323 e. The molecule has 3 nitrogen and oxygen atoms in total. The molecule has 0 aliphatic heterocycles. The third-order valence-electron chi connectivity index (χ3n) is 2.15. The molecule has 0 aromatic heterocycles. The normalized spacial score (nSPS) is 12.3. The molecule has 2 N–H and O–H groups in total. The molecule has 0 aliphatic carbocycles. The zero-order valence-electron chi connectivity index (χ0n) is 9.17. The Morgan fingerprint density at radius 3 is 2.76 bits per heavy atom. The first-order valence-corrected chi connectivity index (χ1v) is 5.39. The number of rotatable bonds is 4. The van der Waals surface area contributed by atoms with Gasteiger partial charge in [0.1, 0.15) is 17.7 Å². The van der Waals surface area contributed by atoms with Gasteiger partial charge in [-0.25, -0.2) is 8.78 Å². The summed E-state index contributed by atoms with van der Waals surface area (Å²) < 4.78 is 31.5. The molecule has 1 rings (SSSR count). The van der Waals surface area contributed by atoms with Crippen LogP contribution in [0, 0.1) is 11.6 Å². The minimum atomic E-state index is -1.11. The van der Waals surface area contributed by atoms with Crippen LogP contribution >= 0.6 is 11.6 Å². The van der Waals surface area contributed by atoms with Crippen molar-refractivity contribution in [2.75, 3.05) is 6.61 Å². The van der Waals surface area contributed by atoms with Gasteiger partial charge in [0, 0.05) is 12.0 Å². The fourth-order valence-electron chi connectivity index (χ4n) is 1.31. The Morgan fingerprint density at radius 2 is 2.18 bits per heavy atom. The zero-order valence-corrected chi connectivity index (χ0v) is 9.93. The molecule has 0 saturated carbocycles. The third-order valence-corrected chi connectivity index (χ3v) is 2.44. The molecule has 0 saturated heterocycles. The van der Waals surface area contributed by atoms with E-state index in [9.17, 15) is 13.6 Å². The Balaban J connectivity index is 2.88. The highest BCUT2D eigenvalue weighted by Gasteiger charge is 2.21. The first-order valence-electron chi connectivity index (χ1n) is 5.02. The molecule has 0 aliphatic rings. The predicted molar refractivity (Wildman–Crippen MR) is 59.7 cm³/mol. The summed E-state index contributed by atoms with van der Waals surface area (Å²) in [6, 6.07) is 1.02. The van der Waals surface area contributed by atoms with Gasteiger partial charge in [0.05, 0.1) is 11.6 Å². The van der Waals surface area contributed by atoms with Crippen molar-refractivity contribution in [2.45, 2.75) is 19.4 Å². The maximum Gasteiger partial charge on any atom is 0.323 e. The lowest BCUT2D eigenvalue weighted by molar-refractivity contribution is -0.144. The maximum atomic E-state index is 13.5. The number of esters is 1. The molecule has 6 heteroatoms. The van der Waals surface area contributed by atoms with Crippen molar-refractivity contribution in [3.8, 4) is 0 Å². The van der Waals surface area contributed by atoms with Crippen LogP contribution in [0.5, 0.6) is 0 Å². The van der Waals surface area contributed by atoms with E-state index < -0.39 is 23.6 Å². The molecule has 17 heavy (non-hydrogen) atoms. The van der Waals surface area contributed by atoms with E-state index >= 15 is 0 Å². The van der Waals surface area contributed by atoms with E-state index in [0.29, 0.717) is 0 Å². The largest absolute Gasteiger partial charge is 0.465 e. The Hall–Kier alpha value is -1.20. The predicted octanol–water partition coefficient (Wildman–Crippen LogP) is 2.05. The zero-order chi connectivity index (χ0) is 13.0. The monoisotopic (exact) mass is 263 g/mol. The molecule has 0 radical (unpaired) electrons. The molecular formula is C11H12ClF2NO2. The van der Waals surface area contributed by atoms with Crippen molar-refractivity contribution in [3.63, 3.8) is 0 Å². The van der Waals surface area contributed by atoms with E-state index in [1.54, 1.807) is 6.92 Å². The third kappa shape index (κ3) is 3.38. The van der Waals surface area contributed by atoms with Gasteiger partial charge < -0.3 is 10.5 Å². The van der Waals surface area contributed by atoms with E-state index in [0.717, 1.165) is 12.1 Å². The van der Waals surface area contributed by atoms with Gasteiger partial charge in [-0.15, -0.1) is 0 Å². The van der Waals surface area contributed by atoms with Crippen LogP contribution in [0.4, 0.5) is 8.78 Å². The first kappa shape index (κ1) is 13.9. The molecule has 1 aromatic carbocycles. The Labute approximate surface area is 103 Å². The number of carbonyl (C=O) groups excluding carboxylic acids is 1. The average Bonchev–Trinajstić information content (AvgIpc) is 2.29. The van der Waals surface area contributed by atoms with Crippen molar-refractivity contribution in [1.82, 2.24) is 0 Å². The molecule has 1 aromatic rings. The molecule has 0 heterocycles. The molecule has 0 amide bonds. The molecule has 0 bridgehead atoms. The highest BCUT2D eigenvalue weighted by atomic mass is 35.5. The number of nitrogens with two attached hydrogens (primary N) is 1. The fourth-order valence-corrected chi connectivity index (χ4v) is 1.49. The molecule has 0 spiro atoms. The first-order chi connectivity index (χ1) is 7.97.